The molecule has 1 atom stereocenters. The fourth-order valence-corrected chi connectivity index (χ4v) is 4.76. The first-order valence-corrected chi connectivity index (χ1v) is 12.1. The number of nitrogens with one attached hydrogen (secondary N) is 1. The van der Waals surface area contributed by atoms with Crippen molar-refractivity contribution in [3.8, 4) is 0 Å². The van der Waals surface area contributed by atoms with Crippen molar-refractivity contribution in [1.82, 2.24) is 29.5 Å². The maximum atomic E-state index is 12.2. The number of halogens is 1. The number of nitrogens with two attached hydrogens (primary N) is 1. The number of nitrogen functional groups attached to an aromatic ring is 1. The van der Waals surface area contributed by atoms with Crippen LogP contribution in [0, 0.1) is 6.92 Å². The quantitative estimate of drug-likeness (QED) is 0.460. The van der Waals surface area contributed by atoms with E-state index in [1.54, 1.807) is 23.9 Å². The highest BCUT2D eigenvalue weighted by Gasteiger charge is 2.28. The van der Waals surface area contributed by atoms with E-state index < -0.39 is 0 Å². The Hall–Kier alpha value is -3.47. The Morgan fingerprint density at radius 2 is 2.11 bits per heavy atom. The number of rotatable bonds is 6. The largest absolute Gasteiger partial charge is 0.383 e. The number of carbonyl (C=O) groups excluding carboxylic acids is 2. The lowest BCUT2D eigenvalue weighted by molar-refractivity contribution is -0.128. The van der Waals surface area contributed by atoms with E-state index in [-0.39, 0.29) is 17.9 Å². The average molecular weight is 541 g/mol. The number of piperidine rings is 1. The van der Waals surface area contributed by atoms with Gasteiger partial charge >= 0.3 is 0 Å². The lowest BCUT2D eigenvalue weighted by atomic mass is 10.1. The number of anilines is 3. The summed E-state index contributed by atoms with van der Waals surface area (Å²) in [6, 6.07) is 3.86. The monoisotopic (exact) mass is 540 g/mol. The van der Waals surface area contributed by atoms with Crippen LogP contribution in [0.5, 0.6) is 0 Å². The second kappa shape index (κ2) is 10.0. The summed E-state index contributed by atoms with van der Waals surface area (Å²) < 4.78 is 2.66. The van der Waals surface area contributed by atoms with Crippen LogP contribution >= 0.6 is 15.9 Å². The third-order valence-corrected chi connectivity index (χ3v) is 6.97. The van der Waals surface area contributed by atoms with Crippen LogP contribution in [-0.2, 0) is 16.0 Å². The van der Waals surface area contributed by atoms with Gasteiger partial charge < -0.3 is 20.9 Å². The van der Waals surface area contributed by atoms with E-state index in [9.17, 15) is 9.59 Å². The lowest BCUT2D eigenvalue weighted by Gasteiger charge is -2.32. The minimum Gasteiger partial charge on any atom is -0.383 e. The van der Waals surface area contributed by atoms with Crippen molar-refractivity contribution in [3.63, 3.8) is 0 Å². The van der Waals surface area contributed by atoms with E-state index in [0.29, 0.717) is 42.2 Å². The number of likely N-dealkylation sites (tertiary alicyclic amines) is 1. The van der Waals surface area contributed by atoms with Gasteiger partial charge in [-0.1, -0.05) is 28.6 Å². The molecule has 11 heteroatoms. The van der Waals surface area contributed by atoms with Crippen LogP contribution in [0.2, 0.25) is 0 Å². The lowest BCUT2D eigenvalue weighted by Crippen LogP contribution is -2.40. The summed E-state index contributed by atoms with van der Waals surface area (Å²) >= 11 is 3.60. The van der Waals surface area contributed by atoms with Gasteiger partial charge in [-0.3, -0.25) is 9.59 Å². The molecule has 0 spiro atoms. The van der Waals surface area contributed by atoms with Crippen LogP contribution in [0.25, 0.3) is 11.0 Å². The van der Waals surface area contributed by atoms with Gasteiger partial charge in [0, 0.05) is 37.3 Å². The summed E-state index contributed by atoms with van der Waals surface area (Å²) in [4.78, 5) is 36.4. The zero-order chi connectivity index (χ0) is 25.3. The number of benzene rings is 1. The van der Waals surface area contributed by atoms with E-state index in [1.807, 2.05) is 23.7 Å². The molecule has 35 heavy (non-hydrogen) atoms. The summed E-state index contributed by atoms with van der Waals surface area (Å²) in [7, 11) is 3.48. The number of fused-ring (bicyclic) bond motifs is 1. The van der Waals surface area contributed by atoms with Crippen molar-refractivity contribution in [2.45, 2.75) is 32.2 Å². The summed E-state index contributed by atoms with van der Waals surface area (Å²) in [6.45, 7) is 6.79. The highest BCUT2D eigenvalue weighted by Crippen LogP contribution is 2.34. The molecule has 0 radical (unpaired) electrons. The van der Waals surface area contributed by atoms with E-state index in [1.165, 1.54) is 12.4 Å². The molecule has 1 unspecified atom stereocenters. The number of hydrogen-bond acceptors (Lipinski definition) is 7. The first-order chi connectivity index (χ1) is 16.7. The van der Waals surface area contributed by atoms with Crippen molar-refractivity contribution < 1.29 is 9.59 Å². The molecule has 2 amide bonds. The summed E-state index contributed by atoms with van der Waals surface area (Å²) in [6.07, 6.45) is 4.78. The van der Waals surface area contributed by atoms with Crippen LogP contribution in [0.4, 0.5) is 17.3 Å². The minimum atomic E-state index is -0.0908. The Labute approximate surface area is 212 Å². The number of carbonyl (C=O) groups is 2. The highest BCUT2D eigenvalue weighted by molar-refractivity contribution is 9.10. The molecule has 1 saturated heterocycles. The van der Waals surface area contributed by atoms with E-state index >= 15 is 0 Å². The fraction of sp³-hybridized carbons (Fsp3) is 0.375. The van der Waals surface area contributed by atoms with Gasteiger partial charge in [0.15, 0.2) is 11.5 Å². The maximum Gasteiger partial charge on any atom is 0.246 e. The Kier molecular flexibility index (Phi) is 7.06. The van der Waals surface area contributed by atoms with Crippen molar-refractivity contribution in [1.29, 1.82) is 0 Å². The molecule has 1 aliphatic rings. The molecule has 0 aliphatic carbocycles. The van der Waals surface area contributed by atoms with Gasteiger partial charge in [-0.05, 0) is 43.0 Å². The zero-order valence-corrected chi connectivity index (χ0v) is 21.7. The molecule has 1 fully saturated rings. The van der Waals surface area contributed by atoms with Gasteiger partial charge in [0.05, 0.1) is 12.5 Å². The molecule has 0 bridgehead atoms. The van der Waals surface area contributed by atoms with Crippen LogP contribution in [0.1, 0.15) is 30.0 Å². The Morgan fingerprint density at radius 3 is 2.83 bits per heavy atom. The third-order valence-electron chi connectivity index (χ3n) is 6.23. The van der Waals surface area contributed by atoms with Crippen molar-refractivity contribution in [3.05, 3.63) is 46.7 Å². The molecular formula is C24H29BrN8O2. The Bertz CT molecular complexity index is 1300. The van der Waals surface area contributed by atoms with Crippen LogP contribution in [0.15, 0.2) is 35.6 Å². The SMILES string of the molecule is C=CC(=O)N1CCCC(n2nc(Nc3cc(Br)c(CC(=O)N(C)C)cc3C)c3c(N)ncnc32)C1. The van der Waals surface area contributed by atoms with E-state index in [4.69, 9.17) is 10.8 Å². The number of hydrogen-bond donors (Lipinski definition) is 2. The van der Waals surface area contributed by atoms with Gasteiger partial charge in [-0.15, -0.1) is 0 Å². The highest BCUT2D eigenvalue weighted by atomic mass is 79.9. The van der Waals surface area contributed by atoms with Gasteiger partial charge in [0.2, 0.25) is 11.8 Å². The van der Waals surface area contributed by atoms with Crippen LogP contribution < -0.4 is 11.1 Å². The molecule has 1 aromatic carbocycles. The van der Waals surface area contributed by atoms with Gasteiger partial charge in [0.25, 0.3) is 0 Å². The maximum absolute atomic E-state index is 12.2. The predicted octanol–water partition coefficient (Wildman–Crippen LogP) is 3.20. The number of likely N-dealkylation sites (N-methyl/N-ethyl adjacent to an activating group) is 1. The van der Waals surface area contributed by atoms with E-state index in [2.05, 4.69) is 37.8 Å². The number of aryl methyl sites for hydroxylation is 1. The summed E-state index contributed by atoms with van der Waals surface area (Å²) in [5.74, 6) is 0.796. The molecule has 3 heterocycles. The topological polar surface area (TPSA) is 122 Å². The summed E-state index contributed by atoms with van der Waals surface area (Å²) in [5, 5.41) is 8.85. The molecule has 10 nitrogen and oxygen atoms in total. The number of nitrogens with zero attached hydrogens (tertiary/aromatic N) is 6. The molecule has 4 rings (SSSR count). The summed E-state index contributed by atoms with van der Waals surface area (Å²) in [5.41, 5.74) is 9.54. The van der Waals surface area contributed by atoms with Crippen molar-refractivity contribution in [2.24, 2.45) is 0 Å². The molecule has 1 aliphatic heterocycles. The standard InChI is InChI=1S/C24H29BrN8O2/c1-5-19(34)32-8-6-7-16(12-32)33-24-21(22(26)27-13-28-24)23(30-33)29-18-11-17(25)15(9-14(18)2)10-20(35)31(3)4/h5,9,11,13,16H,1,6-8,10,12H2,2-4H3,(H,29,30)(H2,26,27,28). The molecule has 0 saturated carbocycles. The van der Waals surface area contributed by atoms with Crippen LogP contribution in [0.3, 0.4) is 0 Å². The second-order valence-corrected chi connectivity index (χ2v) is 9.74. The van der Waals surface area contributed by atoms with Gasteiger partial charge in [-0.2, -0.15) is 5.10 Å². The molecular weight excluding hydrogens is 512 g/mol. The second-order valence-electron chi connectivity index (χ2n) is 8.88. The molecule has 184 valence electrons. The first-order valence-electron chi connectivity index (χ1n) is 11.4. The van der Waals surface area contributed by atoms with Gasteiger partial charge in [0.1, 0.15) is 17.5 Å². The van der Waals surface area contributed by atoms with E-state index in [0.717, 1.165) is 34.1 Å². The number of amides is 2. The third kappa shape index (κ3) is 5.00. The minimum absolute atomic E-state index is 0.0249. The Balaban J connectivity index is 1.69. The fourth-order valence-electron chi connectivity index (χ4n) is 4.28. The van der Waals surface area contributed by atoms with Crippen molar-refractivity contribution >= 4 is 56.1 Å². The average Bonchev–Trinajstić information content (AvgIpc) is 3.21. The zero-order valence-electron chi connectivity index (χ0n) is 20.1. The van der Waals surface area contributed by atoms with Gasteiger partial charge in [-0.25, -0.2) is 14.6 Å². The normalized spacial score (nSPS) is 15.8. The predicted molar refractivity (Wildman–Crippen MR) is 139 cm³/mol. The molecule has 2 aromatic heterocycles. The molecule has 3 aromatic rings. The first kappa shape index (κ1) is 24.6. The Morgan fingerprint density at radius 1 is 1.34 bits per heavy atom. The smallest absolute Gasteiger partial charge is 0.246 e. The van der Waals surface area contributed by atoms with Crippen molar-refractivity contribution in [2.75, 3.05) is 38.2 Å². The van der Waals surface area contributed by atoms with Crippen LogP contribution in [-0.4, -0.2) is 68.5 Å². The number of aromatic nitrogens is 4. The molecule has 3 N–H and O–H groups in total.